The molecule has 4 aliphatic rings. The number of rotatable bonds is 15. The highest BCUT2D eigenvalue weighted by Crippen LogP contribution is 2.45. The lowest BCUT2D eigenvalue weighted by Gasteiger charge is -2.40. The number of likely N-dealkylation sites (tertiary alicyclic amines) is 2. The summed E-state index contributed by atoms with van der Waals surface area (Å²) in [7, 11) is 0. The molecule has 334 valence electrons. The molecular weight excluding hydrogens is 797 g/mol. The Bertz CT molecular complexity index is 2320. The van der Waals surface area contributed by atoms with Crippen molar-refractivity contribution in [2.24, 2.45) is 23.1 Å². The normalized spacial score (nSPS) is 20.4. The Kier molecular flexibility index (Phi) is 13.5. The van der Waals surface area contributed by atoms with Crippen molar-refractivity contribution in [3.05, 3.63) is 107 Å². The van der Waals surface area contributed by atoms with Gasteiger partial charge in [-0.2, -0.15) is 0 Å². The van der Waals surface area contributed by atoms with Crippen molar-refractivity contribution in [1.29, 1.82) is 0 Å². The predicted molar refractivity (Wildman–Crippen MR) is 244 cm³/mol. The number of pyridine rings is 1. The molecule has 0 spiro atoms. The topological polar surface area (TPSA) is 210 Å². The molecule has 0 radical (unpaired) electrons. The van der Waals surface area contributed by atoms with Gasteiger partial charge in [0, 0.05) is 93.2 Å². The molecule has 4 fully saturated rings. The maximum Gasteiger partial charge on any atom is 0.253 e. The standard InChI is InChI=1S/C48H62N10O5/c1-2-37-27-57(42(46(50)51)24-41(49)38-5-3-4-6-43(38)60)29-44(63-37)33-9-11-34(12-10-33)48(62)56-21-14-31(15-22-56)26-55-19-16-36(17-20-55)58-28-40(32-7-8-32)39-23-35(25-53-47(39)58)54-45(61)13-18-52-30-59/h3-6,9-12,23-25,28,30-32,36-37,44,60H,2,7-8,13-22,26-27,29,49-51H2,1H3,(H,52,59)(H,54,61)/b41-24-. The van der Waals surface area contributed by atoms with Gasteiger partial charge in [0.1, 0.15) is 23.3 Å². The van der Waals surface area contributed by atoms with Crippen LogP contribution in [0.5, 0.6) is 5.75 Å². The Labute approximate surface area is 369 Å². The molecule has 2 unspecified atom stereocenters. The van der Waals surface area contributed by atoms with Crippen LogP contribution in [0.2, 0.25) is 0 Å². The summed E-state index contributed by atoms with van der Waals surface area (Å²) in [6.45, 7) is 8.04. The third-order valence-corrected chi connectivity index (χ3v) is 13.2. The molecule has 1 saturated carbocycles. The number of nitrogens with two attached hydrogens (primary N) is 3. The number of anilines is 1. The van der Waals surface area contributed by atoms with Gasteiger partial charge in [0.25, 0.3) is 5.91 Å². The molecule has 15 heteroatoms. The lowest BCUT2D eigenvalue weighted by atomic mass is 9.94. The van der Waals surface area contributed by atoms with Gasteiger partial charge >= 0.3 is 0 Å². The summed E-state index contributed by atoms with van der Waals surface area (Å²) in [6.07, 6.45) is 13.5. The molecule has 0 bridgehead atoms. The number of piperidine rings is 2. The van der Waals surface area contributed by atoms with Crippen LogP contribution in [0.25, 0.3) is 16.7 Å². The number of morpholine rings is 1. The Morgan fingerprint density at radius 2 is 1.68 bits per heavy atom. The number of hydrogen-bond acceptors (Lipinski definition) is 11. The van der Waals surface area contributed by atoms with Gasteiger partial charge in [0.15, 0.2) is 0 Å². The Morgan fingerprint density at radius 1 is 0.937 bits per heavy atom. The molecule has 15 nitrogen and oxygen atoms in total. The lowest BCUT2D eigenvalue weighted by molar-refractivity contribution is -0.116. The zero-order valence-electron chi connectivity index (χ0n) is 36.3. The van der Waals surface area contributed by atoms with Crippen LogP contribution < -0.4 is 27.8 Å². The summed E-state index contributed by atoms with van der Waals surface area (Å²) in [6, 6.07) is 17.1. The second-order valence-corrected chi connectivity index (χ2v) is 17.6. The van der Waals surface area contributed by atoms with Crippen molar-refractivity contribution in [1.82, 2.24) is 29.6 Å². The van der Waals surface area contributed by atoms with Crippen molar-refractivity contribution < 1.29 is 24.2 Å². The molecule has 3 saturated heterocycles. The number of benzene rings is 2. The Hall–Kier alpha value is -6.06. The molecule has 1 aliphatic carbocycles. The largest absolute Gasteiger partial charge is 0.507 e. The average Bonchev–Trinajstić information content (AvgIpc) is 4.08. The number of carbonyl (C=O) groups is 3. The molecule has 5 heterocycles. The fourth-order valence-electron chi connectivity index (χ4n) is 9.52. The summed E-state index contributed by atoms with van der Waals surface area (Å²) in [5.74, 6) is 1.22. The van der Waals surface area contributed by atoms with Crippen LogP contribution in [-0.2, 0) is 14.3 Å². The van der Waals surface area contributed by atoms with Crippen LogP contribution in [0.4, 0.5) is 5.69 Å². The van der Waals surface area contributed by atoms with Crippen LogP contribution in [0, 0.1) is 5.92 Å². The van der Waals surface area contributed by atoms with Gasteiger partial charge in [-0.25, -0.2) is 4.98 Å². The molecule has 9 N–H and O–H groups in total. The number of para-hydroxylation sites is 1. The van der Waals surface area contributed by atoms with Gasteiger partial charge in [-0.3, -0.25) is 14.4 Å². The maximum atomic E-state index is 13.7. The number of hydrogen-bond donors (Lipinski definition) is 6. The quantitative estimate of drug-likeness (QED) is 0.0525. The highest BCUT2D eigenvalue weighted by Gasteiger charge is 2.33. The van der Waals surface area contributed by atoms with Crippen LogP contribution in [0.3, 0.4) is 0 Å². The first kappa shape index (κ1) is 43.6. The number of phenolic OH excluding ortho intramolecular Hbond substituents is 1. The Morgan fingerprint density at radius 3 is 2.37 bits per heavy atom. The van der Waals surface area contributed by atoms with E-state index < -0.39 is 0 Å². The highest BCUT2D eigenvalue weighted by atomic mass is 16.5. The lowest BCUT2D eigenvalue weighted by Crippen LogP contribution is -2.44. The molecule has 2 aromatic carbocycles. The van der Waals surface area contributed by atoms with Crippen molar-refractivity contribution >= 4 is 40.6 Å². The van der Waals surface area contributed by atoms with E-state index in [9.17, 15) is 19.5 Å². The zero-order valence-corrected chi connectivity index (χ0v) is 36.3. The number of amides is 3. The van der Waals surface area contributed by atoms with Gasteiger partial charge in [-0.05, 0) is 104 Å². The average molecular weight is 859 g/mol. The fourth-order valence-corrected chi connectivity index (χ4v) is 9.52. The molecule has 8 rings (SSSR count). The Balaban J connectivity index is 0.825. The number of carbonyl (C=O) groups excluding carboxylic acids is 3. The minimum atomic E-state index is -0.277. The van der Waals surface area contributed by atoms with Gasteiger partial charge < -0.3 is 56.9 Å². The zero-order chi connectivity index (χ0) is 44.0. The van der Waals surface area contributed by atoms with E-state index in [1.54, 1.807) is 30.5 Å². The first-order valence-electron chi connectivity index (χ1n) is 22.6. The number of aromatic hydroxyl groups is 1. The van der Waals surface area contributed by atoms with Crippen molar-refractivity contribution in [2.75, 3.05) is 57.7 Å². The molecule has 63 heavy (non-hydrogen) atoms. The predicted octanol–water partition coefficient (Wildman–Crippen LogP) is 5.12. The molecular formula is C48H62N10O5. The van der Waals surface area contributed by atoms with E-state index in [0.29, 0.717) is 72.1 Å². The SMILES string of the molecule is CCC1CN(C(/C=C(\N)c2ccccc2O)=C(N)N)CC(c2ccc(C(=O)N3CCC(CN4CCC(n5cc(C6CC6)c6cc(NC(=O)CCNC=O)cnc65)CC4)CC3)cc2)O1. The first-order valence-corrected chi connectivity index (χ1v) is 22.6. The second kappa shape index (κ2) is 19.5. The number of ether oxygens (including phenoxy) is 1. The molecule has 2 aromatic heterocycles. The number of allylic oxidation sites excluding steroid dienone is 1. The summed E-state index contributed by atoms with van der Waals surface area (Å²) in [5.41, 5.74) is 24.9. The molecule has 3 aliphatic heterocycles. The number of fused-ring (bicyclic) bond motifs is 1. The van der Waals surface area contributed by atoms with Gasteiger partial charge in [-0.1, -0.05) is 31.2 Å². The monoisotopic (exact) mass is 858 g/mol. The molecule has 3 amide bonds. The third-order valence-electron chi connectivity index (χ3n) is 13.2. The van der Waals surface area contributed by atoms with E-state index in [-0.39, 0.29) is 42.0 Å². The van der Waals surface area contributed by atoms with E-state index in [2.05, 4.69) is 44.2 Å². The van der Waals surface area contributed by atoms with Gasteiger partial charge in [0.05, 0.1) is 23.7 Å². The summed E-state index contributed by atoms with van der Waals surface area (Å²) in [5, 5.41) is 17.0. The number of nitrogens with zero attached hydrogens (tertiary/aromatic N) is 5. The van der Waals surface area contributed by atoms with E-state index >= 15 is 0 Å². The third kappa shape index (κ3) is 10.3. The summed E-state index contributed by atoms with van der Waals surface area (Å²) in [4.78, 5) is 48.2. The van der Waals surface area contributed by atoms with Crippen molar-refractivity contribution in [2.45, 2.75) is 82.5 Å². The van der Waals surface area contributed by atoms with Crippen LogP contribution in [-0.4, -0.2) is 106 Å². The fraction of sp³-hybridized carbons (Fsp3) is 0.458. The van der Waals surface area contributed by atoms with Crippen LogP contribution >= 0.6 is 0 Å². The van der Waals surface area contributed by atoms with E-state index in [1.165, 1.54) is 18.4 Å². The van der Waals surface area contributed by atoms with Gasteiger partial charge in [-0.15, -0.1) is 0 Å². The van der Waals surface area contributed by atoms with Crippen LogP contribution in [0.1, 0.15) is 103 Å². The summed E-state index contributed by atoms with van der Waals surface area (Å²) < 4.78 is 8.89. The summed E-state index contributed by atoms with van der Waals surface area (Å²) >= 11 is 0. The van der Waals surface area contributed by atoms with Crippen molar-refractivity contribution in [3.63, 3.8) is 0 Å². The molecule has 2 atom stereocenters. The molecule has 4 aromatic rings. The van der Waals surface area contributed by atoms with Crippen LogP contribution in [0.15, 0.2) is 84.6 Å². The number of phenols is 1. The van der Waals surface area contributed by atoms with E-state index in [1.807, 2.05) is 35.2 Å². The van der Waals surface area contributed by atoms with Crippen molar-refractivity contribution in [3.8, 4) is 5.75 Å². The minimum Gasteiger partial charge on any atom is -0.507 e. The number of nitrogens with one attached hydrogen (secondary N) is 2. The first-order chi connectivity index (χ1) is 30.6. The van der Waals surface area contributed by atoms with Gasteiger partial charge in [0.2, 0.25) is 12.3 Å². The highest BCUT2D eigenvalue weighted by molar-refractivity contribution is 5.95. The smallest absolute Gasteiger partial charge is 0.253 e. The van der Waals surface area contributed by atoms with E-state index in [0.717, 1.165) is 81.4 Å². The van der Waals surface area contributed by atoms with E-state index in [4.69, 9.17) is 26.9 Å². The maximum absolute atomic E-state index is 13.7. The minimum absolute atomic E-state index is 0.0591. The second-order valence-electron chi connectivity index (χ2n) is 17.6. The number of aromatic nitrogens is 2.